The molecular weight excluding hydrogens is 290 g/mol. The van der Waals surface area contributed by atoms with Crippen LogP contribution in [-0.4, -0.2) is 72.4 Å². The lowest BCUT2D eigenvalue weighted by Gasteiger charge is -2.32. The minimum Gasteiger partial charge on any atom is -0.485 e. The van der Waals surface area contributed by atoms with Crippen LogP contribution in [0.4, 0.5) is 0 Å². The number of rotatable bonds is 5. The standard InChI is InChI=1S/C18H27N3O2/c1-2-9-20(8-1)10-11-21-14-17(18-16(21)6-4-12-22-18)23-15-5-3-7-19-13-15/h3,5,7,13,16-18H,1-2,4,6,8-12,14H2/t16-,17+,18+/m0/s1. The highest BCUT2D eigenvalue weighted by atomic mass is 16.5. The Labute approximate surface area is 138 Å². The molecule has 0 spiro atoms. The van der Waals surface area contributed by atoms with Crippen LogP contribution in [0.15, 0.2) is 24.5 Å². The number of hydrogen-bond acceptors (Lipinski definition) is 5. The number of pyridine rings is 1. The first-order valence-corrected chi connectivity index (χ1v) is 9.05. The number of ether oxygens (including phenoxy) is 2. The van der Waals surface area contributed by atoms with Crippen LogP contribution < -0.4 is 4.74 Å². The molecule has 3 aliphatic rings. The second-order valence-electron chi connectivity index (χ2n) is 6.93. The van der Waals surface area contributed by atoms with Gasteiger partial charge in [-0.25, -0.2) is 0 Å². The highest BCUT2D eigenvalue weighted by Crippen LogP contribution is 2.31. The molecule has 4 rings (SSSR count). The summed E-state index contributed by atoms with van der Waals surface area (Å²) >= 11 is 0. The lowest BCUT2D eigenvalue weighted by Crippen LogP contribution is -2.44. The second-order valence-corrected chi connectivity index (χ2v) is 6.93. The van der Waals surface area contributed by atoms with Crippen LogP contribution >= 0.6 is 0 Å². The normalized spacial score (nSPS) is 32.1. The van der Waals surface area contributed by atoms with Crippen LogP contribution in [0.3, 0.4) is 0 Å². The lowest BCUT2D eigenvalue weighted by atomic mass is 10.0. The molecule has 0 aromatic carbocycles. The third-order valence-corrected chi connectivity index (χ3v) is 5.41. The van der Waals surface area contributed by atoms with Gasteiger partial charge >= 0.3 is 0 Å². The monoisotopic (exact) mass is 317 g/mol. The summed E-state index contributed by atoms with van der Waals surface area (Å²) in [5.74, 6) is 0.854. The summed E-state index contributed by atoms with van der Waals surface area (Å²) in [6, 6.07) is 4.43. The van der Waals surface area contributed by atoms with Crippen LogP contribution in [-0.2, 0) is 4.74 Å². The Morgan fingerprint density at radius 3 is 2.96 bits per heavy atom. The predicted molar refractivity (Wildman–Crippen MR) is 88.7 cm³/mol. The van der Waals surface area contributed by atoms with E-state index in [1.807, 2.05) is 12.1 Å². The highest BCUT2D eigenvalue weighted by molar-refractivity contribution is 5.17. The van der Waals surface area contributed by atoms with Gasteiger partial charge in [0.05, 0.1) is 6.20 Å². The molecule has 23 heavy (non-hydrogen) atoms. The van der Waals surface area contributed by atoms with Gasteiger partial charge in [0.2, 0.25) is 0 Å². The van der Waals surface area contributed by atoms with Crippen molar-refractivity contribution in [2.45, 2.75) is 43.9 Å². The first-order chi connectivity index (χ1) is 11.4. The van der Waals surface area contributed by atoms with E-state index in [4.69, 9.17) is 9.47 Å². The molecule has 3 fully saturated rings. The molecule has 0 saturated carbocycles. The van der Waals surface area contributed by atoms with Crippen molar-refractivity contribution in [3.63, 3.8) is 0 Å². The van der Waals surface area contributed by atoms with E-state index in [1.54, 1.807) is 12.4 Å². The molecular formula is C18H27N3O2. The molecule has 5 nitrogen and oxygen atoms in total. The van der Waals surface area contributed by atoms with E-state index in [1.165, 1.54) is 45.3 Å². The molecule has 5 heteroatoms. The van der Waals surface area contributed by atoms with Crippen LogP contribution in [0, 0.1) is 0 Å². The molecule has 126 valence electrons. The Kier molecular flexibility index (Phi) is 4.78. The highest BCUT2D eigenvalue weighted by Gasteiger charge is 2.45. The minimum absolute atomic E-state index is 0.128. The van der Waals surface area contributed by atoms with Gasteiger partial charge in [0.25, 0.3) is 0 Å². The van der Waals surface area contributed by atoms with Crippen molar-refractivity contribution in [2.24, 2.45) is 0 Å². The number of fused-ring (bicyclic) bond motifs is 1. The smallest absolute Gasteiger partial charge is 0.139 e. The maximum absolute atomic E-state index is 6.20. The molecule has 3 saturated heterocycles. The topological polar surface area (TPSA) is 37.8 Å². The molecule has 0 N–H and O–H groups in total. The minimum atomic E-state index is 0.128. The van der Waals surface area contributed by atoms with Crippen molar-refractivity contribution in [2.75, 3.05) is 39.3 Å². The molecule has 0 bridgehead atoms. The van der Waals surface area contributed by atoms with Gasteiger partial charge in [-0.1, -0.05) is 0 Å². The fourth-order valence-corrected chi connectivity index (χ4v) is 4.23. The van der Waals surface area contributed by atoms with Gasteiger partial charge in [0.15, 0.2) is 0 Å². The van der Waals surface area contributed by atoms with Crippen molar-refractivity contribution in [1.29, 1.82) is 0 Å². The van der Waals surface area contributed by atoms with E-state index >= 15 is 0 Å². The summed E-state index contributed by atoms with van der Waals surface area (Å²) in [7, 11) is 0. The van der Waals surface area contributed by atoms with Gasteiger partial charge < -0.3 is 14.4 Å². The van der Waals surface area contributed by atoms with Gasteiger partial charge in [-0.2, -0.15) is 0 Å². The summed E-state index contributed by atoms with van der Waals surface area (Å²) in [5.41, 5.74) is 0. The van der Waals surface area contributed by atoms with Crippen LogP contribution in [0.1, 0.15) is 25.7 Å². The lowest BCUT2D eigenvalue weighted by molar-refractivity contribution is -0.0469. The molecule has 0 unspecified atom stereocenters. The summed E-state index contributed by atoms with van der Waals surface area (Å²) in [5, 5.41) is 0. The molecule has 1 aromatic rings. The zero-order valence-corrected chi connectivity index (χ0v) is 13.8. The number of nitrogens with zero attached hydrogens (tertiary/aromatic N) is 3. The van der Waals surface area contributed by atoms with Crippen molar-refractivity contribution >= 4 is 0 Å². The third-order valence-electron chi connectivity index (χ3n) is 5.41. The first kappa shape index (κ1) is 15.4. The van der Waals surface area contributed by atoms with E-state index in [0.29, 0.717) is 6.04 Å². The molecule has 0 aliphatic carbocycles. The van der Waals surface area contributed by atoms with E-state index in [0.717, 1.165) is 25.4 Å². The van der Waals surface area contributed by atoms with Crippen molar-refractivity contribution in [3.8, 4) is 5.75 Å². The zero-order chi connectivity index (χ0) is 15.5. The first-order valence-electron chi connectivity index (χ1n) is 9.05. The Bertz CT molecular complexity index is 492. The zero-order valence-electron chi connectivity index (χ0n) is 13.8. The molecule has 4 heterocycles. The van der Waals surface area contributed by atoms with Gasteiger partial charge in [0.1, 0.15) is 18.0 Å². The Morgan fingerprint density at radius 2 is 2.13 bits per heavy atom. The largest absolute Gasteiger partial charge is 0.485 e. The second kappa shape index (κ2) is 7.16. The SMILES string of the molecule is c1cncc(O[C@@H]2CN(CCN3CCCC3)[C@H]3CCCO[C@@H]23)c1. The average Bonchev–Trinajstić information content (AvgIpc) is 3.23. The van der Waals surface area contributed by atoms with Gasteiger partial charge in [-0.05, 0) is 50.9 Å². The fraction of sp³-hybridized carbons (Fsp3) is 0.722. The quantitative estimate of drug-likeness (QED) is 0.828. The maximum atomic E-state index is 6.20. The molecule has 1 aromatic heterocycles. The Hall–Kier alpha value is -1.17. The van der Waals surface area contributed by atoms with Crippen LogP contribution in [0.25, 0.3) is 0 Å². The van der Waals surface area contributed by atoms with Crippen LogP contribution in [0.2, 0.25) is 0 Å². The Morgan fingerprint density at radius 1 is 1.22 bits per heavy atom. The van der Waals surface area contributed by atoms with E-state index in [-0.39, 0.29) is 12.2 Å². The summed E-state index contributed by atoms with van der Waals surface area (Å²) < 4.78 is 12.3. The fourth-order valence-electron chi connectivity index (χ4n) is 4.23. The Balaban J connectivity index is 1.39. The summed E-state index contributed by atoms with van der Waals surface area (Å²) in [4.78, 5) is 9.34. The molecule has 0 amide bonds. The molecule has 0 radical (unpaired) electrons. The van der Waals surface area contributed by atoms with Gasteiger partial charge in [-0.15, -0.1) is 0 Å². The maximum Gasteiger partial charge on any atom is 0.139 e. The van der Waals surface area contributed by atoms with Crippen molar-refractivity contribution in [3.05, 3.63) is 24.5 Å². The molecule has 3 aliphatic heterocycles. The number of aromatic nitrogens is 1. The van der Waals surface area contributed by atoms with Gasteiger partial charge in [-0.3, -0.25) is 9.88 Å². The van der Waals surface area contributed by atoms with Crippen molar-refractivity contribution in [1.82, 2.24) is 14.8 Å². The van der Waals surface area contributed by atoms with Crippen LogP contribution in [0.5, 0.6) is 5.75 Å². The van der Waals surface area contributed by atoms with E-state index in [2.05, 4.69) is 14.8 Å². The average molecular weight is 317 g/mol. The van der Waals surface area contributed by atoms with Crippen molar-refractivity contribution < 1.29 is 9.47 Å². The van der Waals surface area contributed by atoms with E-state index in [9.17, 15) is 0 Å². The van der Waals surface area contributed by atoms with E-state index < -0.39 is 0 Å². The number of hydrogen-bond donors (Lipinski definition) is 0. The molecule has 3 atom stereocenters. The predicted octanol–water partition coefficient (Wildman–Crippen LogP) is 1.79. The number of likely N-dealkylation sites (tertiary alicyclic amines) is 2. The third kappa shape index (κ3) is 3.52. The van der Waals surface area contributed by atoms with Gasteiger partial charge in [0, 0.05) is 38.5 Å². The summed E-state index contributed by atoms with van der Waals surface area (Å²) in [6.45, 7) is 6.70. The summed E-state index contributed by atoms with van der Waals surface area (Å²) in [6.07, 6.45) is 9.04.